The highest BCUT2D eigenvalue weighted by Crippen LogP contribution is 2.25. The molecule has 0 bridgehead atoms. The molecule has 0 aromatic carbocycles. The summed E-state index contributed by atoms with van der Waals surface area (Å²) in [5.74, 6) is -2.70. The molecule has 2 amide bonds. The summed E-state index contributed by atoms with van der Waals surface area (Å²) in [6.07, 6.45) is 0. The Balaban J connectivity index is 2.69. The molecular formula is C12H22F2N2O2. The topological polar surface area (TPSA) is 41.6 Å². The van der Waals surface area contributed by atoms with Gasteiger partial charge in [-0.25, -0.2) is 13.6 Å². The Labute approximate surface area is 107 Å². The standard InChI is InChI=1S/C12H22F2N2O2/c1-8(2)9(3)15-11(17)16-5-6-18-7-10(16)12(4,13)14/h8-10H,5-7H2,1-4H3,(H,15,17)/t9-,10+/m1/s1. The minimum absolute atomic E-state index is 0.0496. The summed E-state index contributed by atoms with van der Waals surface area (Å²) in [5.41, 5.74) is 0. The van der Waals surface area contributed by atoms with Crippen LogP contribution in [0.5, 0.6) is 0 Å². The second-order valence-electron chi connectivity index (χ2n) is 5.22. The summed E-state index contributed by atoms with van der Waals surface area (Å²) in [7, 11) is 0. The van der Waals surface area contributed by atoms with Crippen LogP contribution < -0.4 is 5.32 Å². The molecule has 0 aromatic rings. The molecule has 0 aliphatic carbocycles. The van der Waals surface area contributed by atoms with Crippen molar-refractivity contribution in [2.24, 2.45) is 5.92 Å². The maximum absolute atomic E-state index is 13.4. The number of ether oxygens (including phenoxy) is 1. The monoisotopic (exact) mass is 264 g/mol. The molecule has 1 heterocycles. The second kappa shape index (κ2) is 5.82. The number of hydrogen-bond acceptors (Lipinski definition) is 2. The summed E-state index contributed by atoms with van der Waals surface area (Å²) < 4.78 is 31.9. The van der Waals surface area contributed by atoms with Gasteiger partial charge in [0.1, 0.15) is 6.04 Å². The lowest BCUT2D eigenvalue weighted by molar-refractivity contribution is -0.110. The fourth-order valence-corrected chi connectivity index (χ4v) is 1.71. The van der Waals surface area contributed by atoms with Gasteiger partial charge in [-0.1, -0.05) is 13.8 Å². The van der Waals surface area contributed by atoms with Crippen LogP contribution in [0.4, 0.5) is 13.6 Å². The molecule has 2 atom stereocenters. The van der Waals surface area contributed by atoms with Crippen molar-refractivity contribution in [2.45, 2.75) is 45.7 Å². The van der Waals surface area contributed by atoms with Crippen molar-refractivity contribution >= 4 is 6.03 Å². The molecule has 1 aliphatic rings. The Hall–Kier alpha value is -0.910. The van der Waals surface area contributed by atoms with Crippen molar-refractivity contribution < 1.29 is 18.3 Å². The summed E-state index contributed by atoms with van der Waals surface area (Å²) in [5, 5.41) is 2.75. The molecule has 1 saturated heterocycles. The zero-order chi connectivity index (χ0) is 13.9. The fraction of sp³-hybridized carbons (Fsp3) is 0.917. The van der Waals surface area contributed by atoms with Crippen molar-refractivity contribution in [3.05, 3.63) is 0 Å². The van der Waals surface area contributed by atoms with Gasteiger partial charge in [-0.2, -0.15) is 0 Å². The van der Waals surface area contributed by atoms with E-state index in [1.165, 1.54) is 4.90 Å². The van der Waals surface area contributed by atoms with E-state index in [0.29, 0.717) is 6.61 Å². The van der Waals surface area contributed by atoms with Crippen LogP contribution in [-0.2, 0) is 4.74 Å². The number of alkyl halides is 2. The third-order valence-electron chi connectivity index (χ3n) is 3.33. The van der Waals surface area contributed by atoms with E-state index in [9.17, 15) is 13.6 Å². The molecular weight excluding hydrogens is 242 g/mol. The second-order valence-corrected chi connectivity index (χ2v) is 5.22. The molecule has 0 aromatic heterocycles. The lowest BCUT2D eigenvalue weighted by Crippen LogP contribution is -2.59. The first-order chi connectivity index (χ1) is 8.23. The first-order valence-corrected chi connectivity index (χ1v) is 6.26. The normalized spacial score (nSPS) is 23.1. The van der Waals surface area contributed by atoms with Gasteiger partial charge in [0.15, 0.2) is 0 Å². The van der Waals surface area contributed by atoms with Crippen LogP contribution in [0.2, 0.25) is 0 Å². The number of carbonyl (C=O) groups excluding carboxylic acids is 1. The molecule has 106 valence electrons. The molecule has 4 nitrogen and oxygen atoms in total. The number of halogens is 2. The summed E-state index contributed by atoms with van der Waals surface area (Å²) in [6, 6.07) is -1.68. The molecule has 0 radical (unpaired) electrons. The van der Waals surface area contributed by atoms with E-state index in [-0.39, 0.29) is 25.1 Å². The van der Waals surface area contributed by atoms with E-state index in [2.05, 4.69) is 5.32 Å². The Morgan fingerprint density at radius 3 is 2.56 bits per heavy atom. The number of nitrogens with zero attached hydrogens (tertiary/aromatic N) is 1. The van der Waals surface area contributed by atoms with Gasteiger partial charge in [0.2, 0.25) is 0 Å². The van der Waals surface area contributed by atoms with E-state index in [1.54, 1.807) is 0 Å². The maximum Gasteiger partial charge on any atom is 0.318 e. The predicted molar refractivity (Wildman–Crippen MR) is 64.8 cm³/mol. The van der Waals surface area contributed by atoms with Crippen LogP contribution in [-0.4, -0.2) is 48.7 Å². The van der Waals surface area contributed by atoms with Crippen molar-refractivity contribution in [2.75, 3.05) is 19.8 Å². The van der Waals surface area contributed by atoms with Gasteiger partial charge in [-0.3, -0.25) is 0 Å². The molecule has 1 aliphatic heterocycles. The third kappa shape index (κ3) is 3.80. The first kappa shape index (κ1) is 15.1. The van der Waals surface area contributed by atoms with Gasteiger partial charge in [0.05, 0.1) is 13.2 Å². The average Bonchev–Trinajstić information content (AvgIpc) is 2.27. The van der Waals surface area contributed by atoms with Crippen LogP contribution >= 0.6 is 0 Å². The minimum atomic E-state index is -2.96. The quantitative estimate of drug-likeness (QED) is 0.848. The summed E-state index contributed by atoms with van der Waals surface area (Å²) in [4.78, 5) is 13.2. The van der Waals surface area contributed by atoms with Crippen molar-refractivity contribution in [1.29, 1.82) is 0 Å². The third-order valence-corrected chi connectivity index (χ3v) is 3.33. The number of amides is 2. The molecule has 0 saturated carbocycles. The van der Waals surface area contributed by atoms with Crippen LogP contribution in [0.1, 0.15) is 27.7 Å². The zero-order valence-corrected chi connectivity index (χ0v) is 11.4. The van der Waals surface area contributed by atoms with Gasteiger partial charge in [0, 0.05) is 19.5 Å². The van der Waals surface area contributed by atoms with Crippen LogP contribution in [0.3, 0.4) is 0 Å². The van der Waals surface area contributed by atoms with Gasteiger partial charge >= 0.3 is 6.03 Å². The Morgan fingerprint density at radius 2 is 2.06 bits per heavy atom. The van der Waals surface area contributed by atoms with E-state index in [0.717, 1.165) is 6.92 Å². The Kier molecular flexibility index (Phi) is 4.90. The smallest absolute Gasteiger partial charge is 0.318 e. The lowest BCUT2D eigenvalue weighted by Gasteiger charge is -2.39. The van der Waals surface area contributed by atoms with Gasteiger partial charge in [-0.15, -0.1) is 0 Å². The average molecular weight is 264 g/mol. The molecule has 1 fully saturated rings. The Bertz CT molecular complexity index is 292. The lowest BCUT2D eigenvalue weighted by atomic mass is 10.1. The van der Waals surface area contributed by atoms with E-state index in [1.807, 2.05) is 20.8 Å². The Morgan fingerprint density at radius 1 is 1.44 bits per heavy atom. The highest BCUT2D eigenvalue weighted by molar-refractivity contribution is 5.75. The molecule has 0 unspecified atom stereocenters. The number of hydrogen-bond donors (Lipinski definition) is 1. The number of nitrogens with one attached hydrogen (secondary N) is 1. The molecule has 1 N–H and O–H groups in total. The number of morpholine rings is 1. The maximum atomic E-state index is 13.4. The van der Waals surface area contributed by atoms with Gasteiger partial charge in [0.25, 0.3) is 5.92 Å². The van der Waals surface area contributed by atoms with E-state index >= 15 is 0 Å². The van der Waals surface area contributed by atoms with Gasteiger partial charge in [-0.05, 0) is 12.8 Å². The zero-order valence-electron chi connectivity index (χ0n) is 11.4. The summed E-state index contributed by atoms with van der Waals surface area (Å²) >= 11 is 0. The van der Waals surface area contributed by atoms with Gasteiger partial charge < -0.3 is 15.0 Å². The number of rotatable bonds is 3. The number of urea groups is 1. The largest absolute Gasteiger partial charge is 0.377 e. The SMILES string of the molecule is CC(C)[C@@H](C)NC(=O)N1CCOC[C@H]1C(C)(F)F. The molecule has 0 spiro atoms. The van der Waals surface area contributed by atoms with Crippen LogP contribution in [0, 0.1) is 5.92 Å². The highest BCUT2D eigenvalue weighted by Gasteiger charge is 2.43. The summed E-state index contributed by atoms with van der Waals surface area (Å²) in [6.45, 7) is 7.00. The molecule has 6 heteroatoms. The van der Waals surface area contributed by atoms with Crippen LogP contribution in [0.15, 0.2) is 0 Å². The minimum Gasteiger partial charge on any atom is -0.377 e. The van der Waals surface area contributed by atoms with E-state index in [4.69, 9.17) is 4.74 Å². The van der Waals surface area contributed by atoms with Crippen molar-refractivity contribution in [3.63, 3.8) is 0 Å². The van der Waals surface area contributed by atoms with Crippen LogP contribution in [0.25, 0.3) is 0 Å². The van der Waals surface area contributed by atoms with Crippen molar-refractivity contribution in [3.8, 4) is 0 Å². The number of carbonyl (C=O) groups is 1. The molecule has 18 heavy (non-hydrogen) atoms. The first-order valence-electron chi connectivity index (χ1n) is 6.26. The van der Waals surface area contributed by atoms with E-state index < -0.39 is 18.0 Å². The molecule has 1 rings (SSSR count). The highest BCUT2D eigenvalue weighted by atomic mass is 19.3. The predicted octanol–water partition coefficient (Wildman–Crippen LogP) is 2.10. The van der Waals surface area contributed by atoms with Crippen molar-refractivity contribution in [1.82, 2.24) is 10.2 Å². The fourth-order valence-electron chi connectivity index (χ4n) is 1.71.